The van der Waals surface area contributed by atoms with E-state index in [1.54, 1.807) is 0 Å². The molecule has 0 saturated carbocycles. The van der Waals surface area contributed by atoms with Crippen molar-refractivity contribution in [2.45, 2.75) is 132 Å². The Morgan fingerprint density at radius 1 is 0.895 bits per heavy atom. The minimum atomic E-state index is -5.16. The van der Waals surface area contributed by atoms with E-state index in [1.165, 1.54) is 51.0 Å². The van der Waals surface area contributed by atoms with Crippen LogP contribution in [0.25, 0.3) is 0 Å². The number of hydrogen-bond donors (Lipinski definition) is 8. The number of aliphatic hydroxyl groups excluding tert-OH is 5. The van der Waals surface area contributed by atoms with Crippen LogP contribution in [0.2, 0.25) is 0 Å². The Labute approximate surface area is 224 Å². The van der Waals surface area contributed by atoms with Crippen LogP contribution in [-0.2, 0) is 23.5 Å². The number of allylic oxidation sites excluding steroid dienone is 1. The first-order valence-electron chi connectivity index (χ1n) is 13.4. The number of rotatable bonds is 16. The van der Waals surface area contributed by atoms with Gasteiger partial charge in [0.15, 0.2) is 0 Å². The SMILES string of the molecule is CCCCCCCCCCCCC/C=C/[C@@H](O)[C@]1(N)OS(=O)(=O)OC1(O)C1(O)OC(CO)C(O)C(O)C1O. The zero-order valence-corrected chi connectivity index (χ0v) is 22.7. The van der Waals surface area contributed by atoms with E-state index in [0.29, 0.717) is 6.42 Å². The van der Waals surface area contributed by atoms with Crippen molar-refractivity contribution in [3.8, 4) is 0 Å². The van der Waals surface area contributed by atoms with Gasteiger partial charge in [0.05, 0.1) is 6.61 Å². The van der Waals surface area contributed by atoms with Crippen LogP contribution in [0.3, 0.4) is 0 Å². The van der Waals surface area contributed by atoms with Gasteiger partial charge in [0.1, 0.15) is 30.5 Å². The van der Waals surface area contributed by atoms with Gasteiger partial charge in [-0.25, -0.2) is 8.37 Å². The second kappa shape index (κ2) is 14.2. The molecule has 9 N–H and O–H groups in total. The van der Waals surface area contributed by atoms with Gasteiger partial charge in [0.2, 0.25) is 5.72 Å². The third-order valence-electron chi connectivity index (χ3n) is 7.18. The third kappa shape index (κ3) is 7.30. The Bertz CT molecular complexity index is 857. The Morgan fingerprint density at radius 2 is 1.42 bits per heavy atom. The van der Waals surface area contributed by atoms with E-state index in [9.17, 15) is 44.2 Å². The molecule has 13 nitrogen and oxygen atoms in total. The molecule has 38 heavy (non-hydrogen) atoms. The van der Waals surface area contributed by atoms with Gasteiger partial charge in [-0.05, 0) is 12.8 Å². The van der Waals surface area contributed by atoms with E-state index in [0.717, 1.165) is 31.8 Å². The van der Waals surface area contributed by atoms with Crippen molar-refractivity contribution in [3.05, 3.63) is 12.2 Å². The molecule has 224 valence electrons. The second-order valence-electron chi connectivity index (χ2n) is 10.2. The van der Waals surface area contributed by atoms with E-state index in [-0.39, 0.29) is 0 Å². The molecule has 0 aliphatic carbocycles. The zero-order chi connectivity index (χ0) is 28.6. The minimum absolute atomic E-state index is 0.483. The Kier molecular flexibility index (Phi) is 12.5. The van der Waals surface area contributed by atoms with Crippen LogP contribution in [0.15, 0.2) is 12.2 Å². The fraction of sp³-hybridized carbons (Fsp3) is 0.917. The van der Waals surface area contributed by atoms with E-state index in [2.05, 4.69) is 15.3 Å². The molecule has 0 spiro atoms. The molecule has 2 fully saturated rings. The van der Waals surface area contributed by atoms with E-state index in [1.807, 2.05) is 0 Å². The lowest BCUT2D eigenvalue weighted by Crippen LogP contribution is -2.81. The number of nitrogens with two attached hydrogens (primary N) is 1. The average Bonchev–Trinajstić information content (AvgIpc) is 3.07. The first kappa shape index (κ1) is 33.5. The quantitative estimate of drug-likeness (QED) is 0.0856. The molecule has 8 atom stereocenters. The molecular formula is C24H45NO12S. The lowest BCUT2D eigenvalue weighted by molar-refractivity contribution is -0.453. The zero-order valence-electron chi connectivity index (χ0n) is 21.9. The molecule has 0 amide bonds. The summed E-state index contributed by atoms with van der Waals surface area (Å²) >= 11 is 0. The topological polar surface area (TPSA) is 229 Å². The summed E-state index contributed by atoms with van der Waals surface area (Å²) in [5.74, 6) is -7.28. The summed E-state index contributed by atoms with van der Waals surface area (Å²) in [5.41, 5.74) is 2.76. The molecule has 2 aliphatic rings. The van der Waals surface area contributed by atoms with Crippen LogP contribution in [0.5, 0.6) is 0 Å². The van der Waals surface area contributed by atoms with Gasteiger partial charge in [-0.3, -0.25) is 5.73 Å². The summed E-state index contributed by atoms with van der Waals surface area (Å²) in [6.45, 7) is 1.18. The molecule has 0 bridgehead atoms. The van der Waals surface area contributed by atoms with Crippen LogP contribution in [0.4, 0.5) is 0 Å². The summed E-state index contributed by atoms with van der Waals surface area (Å²) in [4.78, 5) is 0. The number of unbranched alkanes of at least 4 members (excludes halogenated alkanes) is 11. The van der Waals surface area contributed by atoms with Crippen LogP contribution in [-0.4, -0.2) is 98.6 Å². The molecular weight excluding hydrogens is 526 g/mol. The lowest BCUT2D eigenvalue weighted by Gasteiger charge is -2.52. The van der Waals surface area contributed by atoms with Gasteiger partial charge in [-0.2, -0.15) is 8.42 Å². The number of aliphatic hydroxyl groups is 7. The van der Waals surface area contributed by atoms with Crippen molar-refractivity contribution in [3.63, 3.8) is 0 Å². The van der Waals surface area contributed by atoms with Crippen LogP contribution >= 0.6 is 0 Å². The molecule has 2 aliphatic heterocycles. The molecule has 0 aromatic heterocycles. The largest absolute Gasteiger partial charge is 0.405 e. The van der Waals surface area contributed by atoms with Gasteiger partial charge in [-0.15, -0.1) is 0 Å². The molecule has 14 heteroatoms. The highest BCUT2D eigenvalue weighted by Gasteiger charge is 2.79. The first-order valence-corrected chi connectivity index (χ1v) is 14.7. The van der Waals surface area contributed by atoms with Crippen molar-refractivity contribution in [2.75, 3.05) is 6.61 Å². The smallest absolute Gasteiger partial charge is 0.394 e. The molecule has 2 saturated heterocycles. The maximum Gasteiger partial charge on any atom is 0.405 e. The van der Waals surface area contributed by atoms with Gasteiger partial charge in [0, 0.05) is 0 Å². The van der Waals surface area contributed by atoms with Crippen molar-refractivity contribution in [1.29, 1.82) is 0 Å². The molecule has 0 aromatic carbocycles. The van der Waals surface area contributed by atoms with Gasteiger partial charge in [-0.1, -0.05) is 83.3 Å². The minimum Gasteiger partial charge on any atom is -0.394 e. The highest BCUT2D eigenvalue weighted by Crippen LogP contribution is 2.49. The summed E-state index contributed by atoms with van der Waals surface area (Å²) in [7, 11) is -5.16. The van der Waals surface area contributed by atoms with Crippen molar-refractivity contribution in [2.24, 2.45) is 5.73 Å². The highest BCUT2D eigenvalue weighted by atomic mass is 32.3. The van der Waals surface area contributed by atoms with Crippen molar-refractivity contribution < 1.29 is 57.3 Å². The maximum absolute atomic E-state index is 12.1. The summed E-state index contributed by atoms with van der Waals surface area (Å²) in [6, 6.07) is 0. The monoisotopic (exact) mass is 571 g/mol. The lowest BCUT2D eigenvalue weighted by atomic mass is 9.81. The molecule has 0 radical (unpaired) electrons. The molecule has 6 unspecified atom stereocenters. The third-order valence-corrected chi connectivity index (χ3v) is 8.10. The van der Waals surface area contributed by atoms with Crippen molar-refractivity contribution in [1.82, 2.24) is 0 Å². The predicted molar refractivity (Wildman–Crippen MR) is 134 cm³/mol. The molecule has 0 aromatic rings. The summed E-state index contributed by atoms with van der Waals surface area (Å²) in [5, 5.41) is 72.6. The normalized spacial score (nSPS) is 38.1. The van der Waals surface area contributed by atoms with Crippen LogP contribution < -0.4 is 5.73 Å². The predicted octanol–water partition coefficient (Wildman–Crippen LogP) is -0.598. The maximum atomic E-state index is 12.1. The highest BCUT2D eigenvalue weighted by molar-refractivity contribution is 7.82. The van der Waals surface area contributed by atoms with Crippen LogP contribution in [0.1, 0.15) is 84.0 Å². The molecule has 2 rings (SSSR count). The fourth-order valence-corrected chi connectivity index (χ4v) is 5.90. The first-order chi connectivity index (χ1) is 17.8. The van der Waals surface area contributed by atoms with E-state index >= 15 is 0 Å². The summed E-state index contributed by atoms with van der Waals surface area (Å²) < 4.78 is 38.3. The van der Waals surface area contributed by atoms with Gasteiger partial charge >= 0.3 is 10.4 Å². The standard InChI is InChI=1S/C24H45NO12S/c1-2-3-4-5-6-7-8-9-10-11-12-13-14-15-18(27)22(25)24(32,37-38(33,34)36-22)23(31)21(30)20(29)19(28)17(16-26)35-23/h14-15,17-21,26-32H,2-13,16,25H2,1H3/b15-14+/t17?,18-,19?,20?,21?,22+,23?,24?/m1/s1. The Morgan fingerprint density at radius 3 is 1.95 bits per heavy atom. The van der Waals surface area contributed by atoms with Gasteiger partial charge in [0.25, 0.3) is 11.6 Å². The summed E-state index contributed by atoms with van der Waals surface area (Å²) in [6.07, 6.45) is 4.96. The Balaban J connectivity index is 1.97. The molecule has 2 heterocycles. The average molecular weight is 572 g/mol. The Hall–Kier alpha value is -0.750. The fourth-order valence-electron chi connectivity index (χ4n) is 4.77. The number of hydrogen-bond acceptors (Lipinski definition) is 13. The number of ether oxygens (including phenoxy) is 1. The van der Waals surface area contributed by atoms with Gasteiger partial charge < -0.3 is 40.5 Å². The second-order valence-corrected chi connectivity index (χ2v) is 11.3. The van der Waals surface area contributed by atoms with E-state index in [4.69, 9.17) is 10.5 Å². The van der Waals surface area contributed by atoms with Crippen molar-refractivity contribution >= 4 is 10.4 Å². The van der Waals surface area contributed by atoms with Crippen LogP contribution in [0, 0.1) is 0 Å². The van der Waals surface area contributed by atoms with E-state index < -0.39 is 64.8 Å².